The first-order chi connectivity index (χ1) is 9.03. The Balaban J connectivity index is 3.09. The van der Waals surface area contributed by atoms with Crippen LogP contribution in [0.3, 0.4) is 0 Å². The van der Waals surface area contributed by atoms with Gasteiger partial charge in [0.05, 0.1) is 24.0 Å². The molecule has 0 amide bonds. The van der Waals surface area contributed by atoms with E-state index in [4.69, 9.17) is 11.6 Å². The molecule has 1 heterocycles. The third kappa shape index (κ3) is 3.48. The Labute approximate surface area is 118 Å². The van der Waals surface area contributed by atoms with Crippen LogP contribution < -0.4 is 10.9 Å². The summed E-state index contributed by atoms with van der Waals surface area (Å²) in [6, 6.07) is 0. The lowest BCUT2D eigenvalue weighted by molar-refractivity contribution is 0.202. The van der Waals surface area contributed by atoms with Crippen LogP contribution in [0.2, 0.25) is 5.02 Å². The Morgan fingerprint density at radius 3 is 2.53 bits per heavy atom. The predicted octanol–water partition coefficient (Wildman–Crippen LogP) is 2.27. The predicted molar refractivity (Wildman–Crippen MR) is 77.8 cm³/mol. The number of rotatable bonds is 7. The molecule has 0 saturated heterocycles. The fourth-order valence-electron chi connectivity index (χ4n) is 1.90. The molecule has 1 rings (SSSR count). The zero-order valence-electron chi connectivity index (χ0n) is 11.7. The molecule has 1 aromatic rings. The molecule has 0 radical (unpaired) electrons. The first kappa shape index (κ1) is 16.0. The lowest BCUT2D eigenvalue weighted by atomic mass is 9.93. The van der Waals surface area contributed by atoms with E-state index in [-0.39, 0.29) is 17.2 Å². The third-order valence-corrected chi connectivity index (χ3v) is 3.84. The number of aromatic nitrogens is 2. The first-order valence-electron chi connectivity index (χ1n) is 6.68. The quantitative estimate of drug-likeness (QED) is 0.807. The number of anilines is 1. The van der Waals surface area contributed by atoms with Gasteiger partial charge in [-0.3, -0.25) is 4.79 Å². The minimum Gasteiger partial charge on any atom is -0.394 e. The van der Waals surface area contributed by atoms with Gasteiger partial charge in [0.25, 0.3) is 5.56 Å². The number of aliphatic hydroxyl groups excluding tert-OH is 1. The fraction of sp³-hybridized carbons (Fsp3) is 0.692. The second kappa shape index (κ2) is 6.91. The monoisotopic (exact) mass is 287 g/mol. The maximum Gasteiger partial charge on any atom is 0.287 e. The summed E-state index contributed by atoms with van der Waals surface area (Å²) < 4.78 is 1.35. The molecule has 0 bridgehead atoms. The van der Waals surface area contributed by atoms with Crippen molar-refractivity contribution in [1.82, 2.24) is 9.78 Å². The van der Waals surface area contributed by atoms with E-state index >= 15 is 0 Å². The molecule has 0 fully saturated rings. The van der Waals surface area contributed by atoms with E-state index < -0.39 is 5.54 Å². The fourth-order valence-corrected chi connectivity index (χ4v) is 2.09. The molecular weight excluding hydrogens is 266 g/mol. The lowest BCUT2D eigenvalue weighted by Gasteiger charge is -2.32. The summed E-state index contributed by atoms with van der Waals surface area (Å²) in [5.41, 5.74) is -0.279. The van der Waals surface area contributed by atoms with E-state index in [1.54, 1.807) is 6.20 Å². The lowest BCUT2D eigenvalue weighted by Crippen LogP contribution is -2.41. The molecule has 6 heteroatoms. The van der Waals surface area contributed by atoms with Crippen LogP contribution in [0.5, 0.6) is 0 Å². The third-order valence-electron chi connectivity index (χ3n) is 3.48. The van der Waals surface area contributed by atoms with Crippen molar-refractivity contribution < 1.29 is 5.11 Å². The minimum absolute atomic E-state index is 0.0195. The molecule has 0 unspecified atom stereocenters. The Hall–Kier alpha value is -1.07. The average molecular weight is 288 g/mol. The molecule has 0 aliphatic rings. The Kier molecular flexibility index (Phi) is 5.82. The number of nitrogens with one attached hydrogen (secondary N) is 1. The highest BCUT2D eigenvalue weighted by molar-refractivity contribution is 6.32. The number of nitrogens with zero attached hydrogens (tertiary/aromatic N) is 2. The zero-order chi connectivity index (χ0) is 14.5. The highest BCUT2D eigenvalue weighted by atomic mass is 35.5. The summed E-state index contributed by atoms with van der Waals surface area (Å²) in [6.45, 7) is 6.46. The second-order valence-electron chi connectivity index (χ2n) is 4.67. The summed E-state index contributed by atoms with van der Waals surface area (Å²) in [7, 11) is 0. The van der Waals surface area contributed by atoms with Gasteiger partial charge in [0, 0.05) is 6.54 Å². The van der Waals surface area contributed by atoms with Crippen molar-refractivity contribution in [3.8, 4) is 0 Å². The van der Waals surface area contributed by atoms with Crippen LogP contribution in [-0.2, 0) is 6.54 Å². The van der Waals surface area contributed by atoms with Gasteiger partial charge in [0.15, 0.2) is 0 Å². The van der Waals surface area contributed by atoms with E-state index in [2.05, 4.69) is 10.4 Å². The maximum atomic E-state index is 12.0. The summed E-state index contributed by atoms with van der Waals surface area (Å²) in [5.74, 6) is 0. The number of halogens is 1. The van der Waals surface area contributed by atoms with E-state index in [0.29, 0.717) is 12.2 Å². The van der Waals surface area contributed by atoms with Gasteiger partial charge in [-0.25, -0.2) is 4.68 Å². The molecular formula is C13H22ClN3O2. The van der Waals surface area contributed by atoms with Crippen molar-refractivity contribution in [2.24, 2.45) is 0 Å². The molecule has 19 heavy (non-hydrogen) atoms. The molecule has 0 aromatic carbocycles. The molecule has 0 spiro atoms. The molecule has 0 atom stereocenters. The Morgan fingerprint density at radius 2 is 2.05 bits per heavy atom. The van der Waals surface area contributed by atoms with Gasteiger partial charge in [0.2, 0.25) is 0 Å². The number of hydrogen-bond donors (Lipinski definition) is 2. The number of hydrogen-bond acceptors (Lipinski definition) is 4. The first-order valence-corrected chi connectivity index (χ1v) is 7.06. The van der Waals surface area contributed by atoms with Crippen molar-refractivity contribution in [3.63, 3.8) is 0 Å². The normalized spacial score (nSPS) is 11.6. The van der Waals surface area contributed by atoms with E-state index in [1.807, 2.05) is 20.8 Å². The summed E-state index contributed by atoms with van der Waals surface area (Å²) in [4.78, 5) is 12.0. The van der Waals surface area contributed by atoms with Gasteiger partial charge < -0.3 is 10.4 Å². The largest absolute Gasteiger partial charge is 0.394 e. The highest BCUT2D eigenvalue weighted by Gasteiger charge is 2.26. The molecule has 1 aromatic heterocycles. The molecule has 0 aliphatic carbocycles. The minimum atomic E-state index is -0.464. The van der Waals surface area contributed by atoms with Crippen LogP contribution in [0, 0.1) is 0 Å². The molecule has 2 N–H and O–H groups in total. The Morgan fingerprint density at radius 1 is 1.42 bits per heavy atom. The standard InChI is InChI=1S/C13H22ClN3O2/c1-4-7-17-12(19)11(14)10(8-15-17)16-13(5-2,6-3)9-18/h8,16,18H,4-7,9H2,1-3H3. The summed E-state index contributed by atoms with van der Waals surface area (Å²) in [6.07, 6.45) is 3.83. The van der Waals surface area contributed by atoms with Crippen molar-refractivity contribution in [2.45, 2.75) is 52.1 Å². The maximum absolute atomic E-state index is 12.0. The number of aryl methyl sites for hydroxylation is 1. The van der Waals surface area contributed by atoms with Crippen molar-refractivity contribution >= 4 is 17.3 Å². The second-order valence-corrected chi connectivity index (χ2v) is 5.05. The van der Waals surface area contributed by atoms with Crippen LogP contribution in [-0.4, -0.2) is 27.0 Å². The van der Waals surface area contributed by atoms with Crippen LogP contribution in [0.25, 0.3) is 0 Å². The van der Waals surface area contributed by atoms with Gasteiger partial charge in [0.1, 0.15) is 5.02 Å². The average Bonchev–Trinajstić information content (AvgIpc) is 2.44. The van der Waals surface area contributed by atoms with E-state index in [0.717, 1.165) is 19.3 Å². The van der Waals surface area contributed by atoms with Crippen LogP contribution in [0.15, 0.2) is 11.0 Å². The van der Waals surface area contributed by atoms with Crippen molar-refractivity contribution in [2.75, 3.05) is 11.9 Å². The van der Waals surface area contributed by atoms with Crippen molar-refractivity contribution in [1.29, 1.82) is 0 Å². The smallest absolute Gasteiger partial charge is 0.287 e. The van der Waals surface area contributed by atoms with Crippen LogP contribution >= 0.6 is 11.6 Å². The van der Waals surface area contributed by atoms with Gasteiger partial charge in [-0.15, -0.1) is 0 Å². The Bertz CT molecular complexity index is 461. The SMILES string of the molecule is CCCn1ncc(NC(CC)(CC)CO)c(Cl)c1=O. The van der Waals surface area contributed by atoms with E-state index in [1.165, 1.54) is 4.68 Å². The summed E-state index contributed by atoms with van der Waals surface area (Å²) in [5, 5.41) is 16.9. The number of aliphatic hydroxyl groups is 1. The van der Waals surface area contributed by atoms with Gasteiger partial charge >= 0.3 is 0 Å². The highest BCUT2D eigenvalue weighted by Crippen LogP contribution is 2.25. The van der Waals surface area contributed by atoms with E-state index in [9.17, 15) is 9.90 Å². The van der Waals surface area contributed by atoms with Gasteiger partial charge in [-0.05, 0) is 19.3 Å². The molecule has 0 aliphatic heterocycles. The van der Waals surface area contributed by atoms with Crippen LogP contribution in [0.4, 0.5) is 5.69 Å². The van der Waals surface area contributed by atoms with Gasteiger partial charge in [-0.1, -0.05) is 32.4 Å². The van der Waals surface area contributed by atoms with Crippen LogP contribution in [0.1, 0.15) is 40.0 Å². The topological polar surface area (TPSA) is 67.2 Å². The summed E-state index contributed by atoms with van der Waals surface area (Å²) >= 11 is 6.09. The van der Waals surface area contributed by atoms with Crippen molar-refractivity contribution in [3.05, 3.63) is 21.6 Å². The zero-order valence-corrected chi connectivity index (χ0v) is 12.5. The molecule has 0 saturated carbocycles. The van der Waals surface area contributed by atoms with Gasteiger partial charge in [-0.2, -0.15) is 5.10 Å². The molecule has 5 nitrogen and oxygen atoms in total. The molecule has 108 valence electrons.